The van der Waals surface area contributed by atoms with Crippen LogP contribution in [0.5, 0.6) is 0 Å². The number of nitrogens with one attached hydrogen (secondary N) is 2. The van der Waals surface area contributed by atoms with Gasteiger partial charge in [-0.2, -0.15) is 0 Å². The van der Waals surface area contributed by atoms with Crippen LogP contribution in [0.15, 0.2) is 49.1 Å². The molecule has 1 atom stereocenters. The summed E-state index contributed by atoms with van der Waals surface area (Å²) in [6, 6.07) is 8.50. The third-order valence-corrected chi connectivity index (χ3v) is 8.92. The number of carbonyl (C=O) groups is 2. The lowest BCUT2D eigenvalue weighted by Gasteiger charge is -2.39. The second-order valence-electron chi connectivity index (χ2n) is 13.2. The molecule has 43 heavy (non-hydrogen) atoms. The zero-order valence-corrected chi connectivity index (χ0v) is 25.8. The van der Waals surface area contributed by atoms with Crippen LogP contribution in [-0.4, -0.2) is 82.6 Å². The lowest BCUT2D eigenvalue weighted by Crippen LogP contribution is -2.49. The van der Waals surface area contributed by atoms with Crippen molar-refractivity contribution in [2.45, 2.75) is 90.7 Å². The van der Waals surface area contributed by atoms with Crippen LogP contribution in [-0.2, 0) is 35.7 Å². The minimum absolute atomic E-state index is 0.134. The number of likely N-dealkylation sites (tertiary alicyclic amines) is 2. The van der Waals surface area contributed by atoms with Gasteiger partial charge in [-0.25, -0.2) is 14.8 Å². The van der Waals surface area contributed by atoms with Gasteiger partial charge in [0.2, 0.25) is 0 Å². The minimum atomic E-state index is -0.921. The molecule has 2 aliphatic heterocycles. The summed E-state index contributed by atoms with van der Waals surface area (Å²) >= 11 is 0. The summed E-state index contributed by atoms with van der Waals surface area (Å²) in [7, 11) is 0. The smallest absolute Gasteiger partial charge is 0.410 e. The SMILES string of the molecule is CCC1(C(=O)O)CC2(CCN(C(=O)OC(C)(C)C)CC2)CN1Cc1ccc(CN(Cc2ncc[nH]2)Cc2ncc[nH]2)cc1. The monoisotopic (exact) mass is 591 g/mol. The molecule has 4 heterocycles. The van der Waals surface area contributed by atoms with E-state index >= 15 is 0 Å². The van der Waals surface area contributed by atoms with E-state index in [2.05, 4.69) is 54.0 Å². The molecule has 0 radical (unpaired) electrons. The lowest BCUT2D eigenvalue weighted by molar-refractivity contribution is -0.150. The van der Waals surface area contributed by atoms with Gasteiger partial charge >= 0.3 is 12.1 Å². The molecule has 2 aromatic heterocycles. The summed E-state index contributed by atoms with van der Waals surface area (Å²) in [5.41, 5.74) is 0.661. The normalized spacial score (nSPS) is 20.6. The quantitative estimate of drug-likeness (QED) is 0.307. The van der Waals surface area contributed by atoms with Gasteiger partial charge in [0.1, 0.15) is 22.8 Å². The van der Waals surface area contributed by atoms with Crippen molar-refractivity contribution in [3.63, 3.8) is 0 Å². The summed E-state index contributed by atoms with van der Waals surface area (Å²) < 4.78 is 5.58. The fraction of sp³-hybridized carbons (Fsp3) is 0.562. The first-order valence-electron chi connectivity index (χ1n) is 15.2. The fourth-order valence-electron chi connectivity index (χ4n) is 6.68. The van der Waals surface area contributed by atoms with Crippen LogP contribution >= 0.6 is 0 Å². The van der Waals surface area contributed by atoms with Gasteiger partial charge in [0.15, 0.2) is 0 Å². The third kappa shape index (κ3) is 7.27. The molecule has 2 fully saturated rings. The molecule has 2 saturated heterocycles. The van der Waals surface area contributed by atoms with Crippen LogP contribution in [0.3, 0.4) is 0 Å². The first-order valence-corrected chi connectivity index (χ1v) is 15.2. The molecule has 0 aliphatic carbocycles. The van der Waals surface area contributed by atoms with Crippen molar-refractivity contribution in [1.29, 1.82) is 0 Å². The molecule has 0 bridgehead atoms. The van der Waals surface area contributed by atoms with Crippen LogP contribution in [0, 0.1) is 5.41 Å². The van der Waals surface area contributed by atoms with Crippen LogP contribution in [0.1, 0.15) is 76.2 Å². The molecule has 232 valence electrons. The largest absolute Gasteiger partial charge is 0.480 e. The number of carbonyl (C=O) groups excluding carboxylic acids is 1. The second kappa shape index (κ2) is 12.5. The molecule has 1 amide bonds. The number of hydrogen-bond acceptors (Lipinski definition) is 7. The Kier molecular flexibility index (Phi) is 8.94. The molecule has 1 spiro atoms. The van der Waals surface area contributed by atoms with E-state index in [1.54, 1.807) is 17.3 Å². The maximum absolute atomic E-state index is 12.8. The van der Waals surface area contributed by atoms with E-state index < -0.39 is 17.1 Å². The fourth-order valence-corrected chi connectivity index (χ4v) is 6.68. The van der Waals surface area contributed by atoms with Gasteiger partial charge in [0.05, 0.1) is 13.1 Å². The average molecular weight is 592 g/mol. The van der Waals surface area contributed by atoms with E-state index in [-0.39, 0.29) is 11.5 Å². The van der Waals surface area contributed by atoms with Crippen molar-refractivity contribution in [3.05, 3.63) is 71.8 Å². The number of aromatic nitrogens is 4. The van der Waals surface area contributed by atoms with E-state index in [0.29, 0.717) is 52.1 Å². The van der Waals surface area contributed by atoms with Gasteiger partial charge in [0, 0.05) is 57.5 Å². The number of aromatic amines is 2. The highest BCUT2D eigenvalue weighted by molar-refractivity contribution is 5.79. The van der Waals surface area contributed by atoms with Gasteiger partial charge in [-0.15, -0.1) is 0 Å². The van der Waals surface area contributed by atoms with Gasteiger partial charge < -0.3 is 24.7 Å². The Morgan fingerprint density at radius 1 is 0.977 bits per heavy atom. The summed E-state index contributed by atoms with van der Waals surface area (Å²) in [5, 5.41) is 10.5. The topological polar surface area (TPSA) is 131 Å². The maximum atomic E-state index is 12.8. The highest BCUT2D eigenvalue weighted by atomic mass is 16.6. The Morgan fingerprint density at radius 2 is 1.56 bits per heavy atom. The first-order chi connectivity index (χ1) is 20.5. The van der Waals surface area contributed by atoms with Crippen molar-refractivity contribution in [3.8, 4) is 0 Å². The number of nitrogens with zero attached hydrogens (tertiary/aromatic N) is 5. The number of piperidine rings is 1. The Hall–Kier alpha value is -3.70. The highest BCUT2D eigenvalue weighted by Crippen LogP contribution is 2.50. The number of amides is 1. The summed E-state index contributed by atoms with van der Waals surface area (Å²) in [6.45, 7) is 12.1. The summed E-state index contributed by atoms with van der Waals surface area (Å²) in [4.78, 5) is 46.8. The van der Waals surface area contributed by atoms with Crippen LogP contribution in [0.2, 0.25) is 0 Å². The molecule has 1 aromatic carbocycles. The predicted octanol–water partition coefficient (Wildman–Crippen LogP) is 4.79. The van der Waals surface area contributed by atoms with Gasteiger partial charge in [-0.05, 0) is 63.0 Å². The number of carboxylic acids is 1. The number of rotatable bonds is 10. The molecule has 11 nitrogen and oxygen atoms in total. The van der Waals surface area contributed by atoms with Crippen molar-refractivity contribution < 1.29 is 19.4 Å². The molecular weight excluding hydrogens is 546 g/mol. The zero-order chi connectivity index (χ0) is 30.7. The third-order valence-electron chi connectivity index (χ3n) is 8.92. The molecule has 3 N–H and O–H groups in total. The Morgan fingerprint density at radius 3 is 2.05 bits per heavy atom. The second-order valence-corrected chi connectivity index (χ2v) is 13.2. The van der Waals surface area contributed by atoms with E-state index in [1.807, 2.05) is 40.1 Å². The lowest BCUT2D eigenvalue weighted by atomic mass is 9.73. The Bertz CT molecular complexity index is 1310. The van der Waals surface area contributed by atoms with Crippen molar-refractivity contribution in [2.75, 3.05) is 19.6 Å². The first kappa shape index (κ1) is 30.7. The van der Waals surface area contributed by atoms with Gasteiger partial charge in [0.25, 0.3) is 0 Å². The van der Waals surface area contributed by atoms with Crippen LogP contribution in [0.25, 0.3) is 0 Å². The van der Waals surface area contributed by atoms with Crippen molar-refractivity contribution in [2.24, 2.45) is 5.41 Å². The van der Waals surface area contributed by atoms with Gasteiger partial charge in [-0.1, -0.05) is 31.2 Å². The number of ether oxygens (including phenoxy) is 1. The number of benzene rings is 1. The standard InChI is InChI=1S/C32H45N7O4/c1-5-32(28(40)41)22-31(10-16-38(17-11-31)29(42)43-30(2,3)4)23-39(32)19-25-8-6-24(7-9-25)18-37(20-26-33-12-13-34-26)21-27-35-14-15-36-27/h6-9,12-15H,5,10-11,16-23H2,1-4H3,(H,33,34)(H,35,36)(H,40,41). The van der Waals surface area contributed by atoms with E-state index in [4.69, 9.17) is 4.74 Å². The minimum Gasteiger partial charge on any atom is -0.480 e. The molecule has 1 unspecified atom stereocenters. The number of H-pyrrole nitrogens is 2. The Balaban J connectivity index is 1.25. The summed E-state index contributed by atoms with van der Waals surface area (Å²) in [6.07, 6.45) is 9.57. The predicted molar refractivity (Wildman–Crippen MR) is 162 cm³/mol. The molecule has 5 rings (SSSR count). The molecule has 3 aromatic rings. The van der Waals surface area contributed by atoms with Gasteiger partial charge in [-0.3, -0.25) is 14.6 Å². The molecule has 11 heteroatoms. The number of carboxylic acid groups (broad SMARTS) is 1. The number of aliphatic carboxylic acids is 1. The van der Waals surface area contributed by atoms with E-state index in [0.717, 1.165) is 42.2 Å². The van der Waals surface area contributed by atoms with Crippen molar-refractivity contribution in [1.82, 2.24) is 34.6 Å². The van der Waals surface area contributed by atoms with Crippen LogP contribution in [0.4, 0.5) is 4.79 Å². The molecule has 2 aliphatic rings. The summed E-state index contributed by atoms with van der Waals surface area (Å²) in [5.74, 6) is 1.03. The molecule has 0 saturated carbocycles. The van der Waals surface area contributed by atoms with E-state index in [1.165, 1.54) is 0 Å². The Labute approximate surface area is 253 Å². The number of imidazole rings is 2. The molecular formula is C32H45N7O4. The highest BCUT2D eigenvalue weighted by Gasteiger charge is 2.57. The van der Waals surface area contributed by atoms with E-state index in [9.17, 15) is 14.7 Å². The van der Waals surface area contributed by atoms with Crippen LogP contribution < -0.4 is 0 Å². The maximum Gasteiger partial charge on any atom is 0.410 e. The zero-order valence-electron chi connectivity index (χ0n) is 25.8. The number of hydrogen-bond donors (Lipinski definition) is 3. The van der Waals surface area contributed by atoms with Crippen molar-refractivity contribution >= 4 is 12.1 Å². The average Bonchev–Trinajstić information content (AvgIpc) is 3.71.